The molecule has 3 heterocycles. The number of hydrogen-bond donors (Lipinski definition) is 3. The van der Waals surface area contributed by atoms with Crippen LogP contribution < -0.4 is 25.4 Å². The maximum Gasteiger partial charge on any atom is 0.487 e. The third kappa shape index (κ3) is 4.48. The Kier molecular flexibility index (Phi) is 6.27. The van der Waals surface area contributed by atoms with E-state index in [1.54, 1.807) is 0 Å². The molecule has 5 rings (SSSR count). The Bertz CT molecular complexity index is 1400. The zero-order valence-corrected chi connectivity index (χ0v) is 20.6. The summed E-state index contributed by atoms with van der Waals surface area (Å²) in [5.74, 6) is -2.60. The third-order valence-electron chi connectivity index (χ3n) is 6.69. The van der Waals surface area contributed by atoms with E-state index < -0.39 is 34.1 Å². The van der Waals surface area contributed by atoms with Crippen LogP contribution in [0.1, 0.15) is 24.0 Å². The van der Waals surface area contributed by atoms with Crippen LogP contribution in [-0.4, -0.2) is 54.0 Å². The molecular weight excluding hydrogens is 516 g/mol. The van der Waals surface area contributed by atoms with Crippen molar-refractivity contribution in [3.05, 3.63) is 34.9 Å². The van der Waals surface area contributed by atoms with Crippen molar-refractivity contribution < 1.29 is 27.0 Å². The summed E-state index contributed by atoms with van der Waals surface area (Å²) in [7, 11) is 1.32. The van der Waals surface area contributed by atoms with Gasteiger partial charge >= 0.3 is 11.6 Å². The van der Waals surface area contributed by atoms with Gasteiger partial charge in [0, 0.05) is 65.2 Å². The molecule has 2 aromatic carbocycles. The van der Waals surface area contributed by atoms with Crippen molar-refractivity contribution in [2.75, 3.05) is 30.8 Å². The van der Waals surface area contributed by atoms with E-state index in [0.29, 0.717) is 25.1 Å². The van der Waals surface area contributed by atoms with Gasteiger partial charge in [-0.3, -0.25) is 0 Å². The smallest absolute Gasteiger partial charge is 0.467 e. The summed E-state index contributed by atoms with van der Waals surface area (Å²) in [6.45, 7) is 2.52. The van der Waals surface area contributed by atoms with Crippen molar-refractivity contribution in [3.63, 3.8) is 0 Å². The van der Waals surface area contributed by atoms with Crippen LogP contribution in [0.25, 0.3) is 22.0 Å². The van der Waals surface area contributed by atoms with E-state index in [9.17, 15) is 8.78 Å². The fourth-order valence-corrected chi connectivity index (χ4v) is 5.26. The number of methoxy groups -OCH3 is 1. The predicted octanol–water partition coefficient (Wildman–Crippen LogP) is 4.58. The Morgan fingerprint density at radius 3 is 2.46 bits per heavy atom. The molecular formula is C24H23ClF4N6O2. The fourth-order valence-electron chi connectivity index (χ4n) is 5.18. The summed E-state index contributed by atoms with van der Waals surface area (Å²) < 4.78 is 69.3. The van der Waals surface area contributed by atoms with Crippen LogP contribution in [0.5, 0.6) is 11.8 Å². The van der Waals surface area contributed by atoms with E-state index in [4.69, 9.17) is 27.5 Å². The lowest BCUT2D eigenvalue weighted by Gasteiger charge is -2.34. The first-order chi connectivity index (χ1) is 17.5. The summed E-state index contributed by atoms with van der Waals surface area (Å²) in [6.07, 6.45) is 2.65. The molecule has 2 fully saturated rings. The lowest BCUT2D eigenvalue weighted by Crippen LogP contribution is -2.51. The van der Waals surface area contributed by atoms with Gasteiger partial charge in [0.15, 0.2) is 5.82 Å². The average Bonchev–Trinajstić information content (AvgIpc) is 3.17. The molecule has 2 saturated heterocycles. The van der Waals surface area contributed by atoms with Crippen LogP contribution in [0.4, 0.5) is 29.1 Å². The molecule has 2 unspecified atom stereocenters. The Labute approximate surface area is 214 Å². The van der Waals surface area contributed by atoms with Gasteiger partial charge in [-0.05, 0) is 37.5 Å². The van der Waals surface area contributed by atoms with Crippen LogP contribution in [0.3, 0.4) is 0 Å². The topological polar surface area (TPSA) is 109 Å². The summed E-state index contributed by atoms with van der Waals surface area (Å²) in [5, 5.41) is 11.3. The van der Waals surface area contributed by atoms with E-state index in [1.807, 2.05) is 4.90 Å². The number of nitrogens with one attached hydrogen (secondary N) is 2. The van der Waals surface area contributed by atoms with Crippen molar-refractivity contribution in [1.82, 2.24) is 15.3 Å². The molecule has 0 aliphatic carbocycles. The van der Waals surface area contributed by atoms with Crippen LogP contribution in [0.15, 0.2) is 12.1 Å². The van der Waals surface area contributed by atoms with E-state index >= 15 is 8.78 Å². The largest absolute Gasteiger partial charge is 0.487 e. The van der Waals surface area contributed by atoms with Gasteiger partial charge < -0.3 is 30.8 Å². The van der Waals surface area contributed by atoms with Crippen molar-refractivity contribution in [3.8, 4) is 22.9 Å². The highest BCUT2D eigenvalue weighted by molar-refractivity contribution is 6.21. The van der Waals surface area contributed by atoms with Gasteiger partial charge in [0.05, 0.1) is 12.7 Å². The van der Waals surface area contributed by atoms with Crippen LogP contribution in [-0.2, 0) is 0 Å². The van der Waals surface area contributed by atoms with Gasteiger partial charge in [0.25, 0.3) is 0 Å². The number of nitrogens with two attached hydrogens (primary N) is 1. The minimum Gasteiger partial charge on any atom is -0.467 e. The lowest BCUT2D eigenvalue weighted by atomic mass is 9.93. The summed E-state index contributed by atoms with van der Waals surface area (Å²) in [6, 6.07) is 2.57. The minimum absolute atomic E-state index is 0.0366. The highest BCUT2D eigenvalue weighted by Gasteiger charge is 2.36. The second kappa shape index (κ2) is 9.18. The van der Waals surface area contributed by atoms with E-state index in [-0.39, 0.29) is 45.8 Å². The van der Waals surface area contributed by atoms with E-state index in [1.165, 1.54) is 20.1 Å². The second-order valence-electron chi connectivity index (χ2n) is 9.11. The van der Waals surface area contributed by atoms with Crippen molar-refractivity contribution in [1.29, 1.82) is 5.41 Å². The number of aromatic nitrogens is 2. The van der Waals surface area contributed by atoms with Gasteiger partial charge in [0.2, 0.25) is 0 Å². The molecule has 0 amide bonds. The number of hydrogen-bond acceptors (Lipinski definition) is 8. The molecule has 2 aliphatic rings. The number of fused-ring (bicyclic) bond motifs is 3. The number of piperazine rings is 1. The first-order valence-corrected chi connectivity index (χ1v) is 11.8. The highest BCUT2D eigenvalue weighted by Crippen LogP contribution is 2.45. The third-order valence-corrected chi connectivity index (χ3v) is 6.77. The molecule has 3 aromatic rings. The molecule has 13 heteroatoms. The summed E-state index contributed by atoms with van der Waals surface area (Å²) in [5.41, 5.74) is 0.0195. The SMILES string of the molecule is COc1nc(N2CC3CCC(C2)N3)c2cc(F)c(-c3c(C=N)c(N)cc(C)c3OC(F)(F)Cl)c(F)c2n1. The van der Waals surface area contributed by atoms with Crippen molar-refractivity contribution >= 4 is 40.2 Å². The number of aryl methyl sites for hydroxylation is 1. The number of alkyl halides is 3. The van der Waals surface area contributed by atoms with Crippen LogP contribution >= 0.6 is 11.6 Å². The summed E-state index contributed by atoms with van der Waals surface area (Å²) in [4.78, 5) is 10.4. The van der Waals surface area contributed by atoms with Gasteiger partial charge in [-0.25, -0.2) is 8.78 Å². The molecule has 4 N–H and O–H groups in total. The maximum absolute atomic E-state index is 16.2. The van der Waals surface area contributed by atoms with Gasteiger partial charge in [0.1, 0.15) is 22.9 Å². The number of ether oxygens (including phenoxy) is 2. The molecule has 1 aromatic heterocycles. The standard InChI is InChI=1S/C24H23ClF4N6O2/c1-10-5-16(31)14(7-30)17(21(10)37-24(25,28)29)18-15(26)6-13-20(19(18)27)33-23(36-2)34-22(13)35-8-11-3-4-12(9-35)32-11/h5-7,11-12,30,32H,3-4,8-9,31H2,1-2H3. The first-order valence-electron chi connectivity index (χ1n) is 11.4. The Morgan fingerprint density at radius 2 is 1.86 bits per heavy atom. The highest BCUT2D eigenvalue weighted by atomic mass is 35.5. The van der Waals surface area contributed by atoms with Crippen LogP contribution in [0.2, 0.25) is 0 Å². The number of halogens is 5. The number of nitrogen functional groups attached to an aromatic ring is 1. The van der Waals surface area contributed by atoms with Crippen LogP contribution in [0, 0.1) is 24.0 Å². The molecule has 2 aliphatic heterocycles. The Morgan fingerprint density at radius 1 is 1.19 bits per heavy atom. The fraction of sp³-hybridized carbons (Fsp3) is 0.375. The lowest BCUT2D eigenvalue weighted by molar-refractivity contribution is -0.0965. The predicted molar refractivity (Wildman–Crippen MR) is 132 cm³/mol. The number of rotatable bonds is 6. The molecule has 0 radical (unpaired) electrons. The quantitative estimate of drug-likeness (QED) is 0.182. The summed E-state index contributed by atoms with van der Waals surface area (Å²) >= 11 is 5.00. The minimum atomic E-state index is -4.20. The van der Waals surface area contributed by atoms with Crippen molar-refractivity contribution in [2.24, 2.45) is 0 Å². The molecule has 2 atom stereocenters. The van der Waals surface area contributed by atoms with E-state index in [0.717, 1.165) is 18.9 Å². The zero-order valence-electron chi connectivity index (χ0n) is 19.8. The second-order valence-corrected chi connectivity index (χ2v) is 9.55. The number of anilines is 2. The normalized spacial score (nSPS) is 19.4. The average molecular weight is 539 g/mol. The molecule has 0 saturated carbocycles. The van der Waals surface area contributed by atoms with Gasteiger partial charge in [-0.15, -0.1) is 8.78 Å². The Hall–Kier alpha value is -3.38. The maximum atomic E-state index is 16.2. The molecule has 0 spiro atoms. The zero-order chi connectivity index (χ0) is 26.6. The van der Waals surface area contributed by atoms with E-state index in [2.05, 4.69) is 20.0 Å². The molecule has 2 bridgehead atoms. The molecule has 8 nitrogen and oxygen atoms in total. The molecule has 196 valence electrons. The Balaban J connectivity index is 1.79. The monoisotopic (exact) mass is 538 g/mol. The molecule has 37 heavy (non-hydrogen) atoms. The number of benzene rings is 2. The van der Waals surface area contributed by atoms with Crippen molar-refractivity contribution in [2.45, 2.75) is 37.4 Å². The number of nitrogens with zero attached hydrogens (tertiary/aromatic N) is 3. The first kappa shape index (κ1) is 25.3. The van der Waals surface area contributed by atoms with Gasteiger partial charge in [-0.1, -0.05) is 0 Å². The van der Waals surface area contributed by atoms with Gasteiger partial charge in [-0.2, -0.15) is 9.97 Å².